The molecule has 0 saturated heterocycles. The normalized spacial score (nSPS) is 16.1. The number of anilines is 1. The number of benzene rings is 1. The van der Waals surface area contributed by atoms with E-state index in [1.807, 2.05) is 6.92 Å². The summed E-state index contributed by atoms with van der Waals surface area (Å²) in [7, 11) is 0. The van der Waals surface area contributed by atoms with Gasteiger partial charge in [0.1, 0.15) is 5.52 Å². The molecule has 4 N–H and O–H groups in total. The van der Waals surface area contributed by atoms with Crippen molar-refractivity contribution in [3.05, 3.63) is 53.0 Å². The highest BCUT2D eigenvalue weighted by molar-refractivity contribution is 5.96. The van der Waals surface area contributed by atoms with Crippen LogP contribution in [0.4, 0.5) is 24.9 Å². The predicted molar refractivity (Wildman–Crippen MR) is 134 cm³/mol. The average molecular weight is 516 g/mol. The van der Waals surface area contributed by atoms with Gasteiger partial charge in [0.15, 0.2) is 11.5 Å². The minimum atomic E-state index is -4.45. The SMILES string of the molecule is CC(N)=CC(C)=Nc1nc2nc(C(=O)O)nc(N[C@H](C)C3CCC3)c2n1Cc1ccc(C(F)(F)F)cc1. The van der Waals surface area contributed by atoms with Gasteiger partial charge in [0, 0.05) is 17.5 Å². The number of rotatable bonds is 8. The van der Waals surface area contributed by atoms with Gasteiger partial charge in [-0.2, -0.15) is 18.2 Å². The maximum atomic E-state index is 13.1. The third kappa shape index (κ3) is 5.89. The molecule has 0 unspecified atom stereocenters. The third-order valence-corrected chi connectivity index (χ3v) is 6.33. The molecule has 4 rings (SSSR count). The van der Waals surface area contributed by atoms with Crippen LogP contribution in [0.25, 0.3) is 11.2 Å². The van der Waals surface area contributed by atoms with Gasteiger partial charge < -0.3 is 16.2 Å². The van der Waals surface area contributed by atoms with Crippen LogP contribution in [0.3, 0.4) is 0 Å². The second kappa shape index (κ2) is 10.2. The van der Waals surface area contributed by atoms with Crippen molar-refractivity contribution < 1.29 is 23.1 Å². The standard InChI is InChI=1S/C25H28F3N7O2/c1-13(29)11-14(2)30-24-34-21-19(35(24)12-16-7-9-18(10-8-16)25(26,27)28)20(32-22(33-21)23(36)37)31-15(3)17-5-4-6-17/h7-11,15,17H,4-6,12,29H2,1-3H3,(H,36,37)(H,31,32,33)/t15-/m1/s1. The highest BCUT2D eigenvalue weighted by Gasteiger charge is 2.30. The van der Waals surface area contributed by atoms with Gasteiger partial charge in [0.05, 0.1) is 12.1 Å². The summed E-state index contributed by atoms with van der Waals surface area (Å²) in [6, 6.07) is 4.81. The van der Waals surface area contributed by atoms with E-state index in [2.05, 4.69) is 25.3 Å². The second-order valence-corrected chi connectivity index (χ2v) is 9.33. The summed E-state index contributed by atoms with van der Waals surface area (Å²) in [6.45, 7) is 5.55. The number of aliphatic imine (C=N–C) groups is 1. The summed E-state index contributed by atoms with van der Waals surface area (Å²) >= 11 is 0. The van der Waals surface area contributed by atoms with Crippen LogP contribution < -0.4 is 11.1 Å². The fraction of sp³-hybridized carbons (Fsp3) is 0.400. The van der Waals surface area contributed by atoms with E-state index in [1.165, 1.54) is 12.1 Å². The van der Waals surface area contributed by atoms with E-state index in [4.69, 9.17) is 5.73 Å². The summed E-state index contributed by atoms with van der Waals surface area (Å²) in [6.07, 6.45) is 0.439. The highest BCUT2D eigenvalue weighted by atomic mass is 19.4. The van der Waals surface area contributed by atoms with Gasteiger partial charge >= 0.3 is 12.1 Å². The number of nitrogens with zero attached hydrogens (tertiary/aromatic N) is 5. The Morgan fingerprint density at radius 2 is 1.92 bits per heavy atom. The molecule has 1 aliphatic carbocycles. The van der Waals surface area contributed by atoms with Crippen molar-refractivity contribution >= 4 is 34.6 Å². The molecular formula is C25H28F3N7O2. The maximum Gasteiger partial charge on any atom is 0.416 e. The molecule has 1 aromatic carbocycles. The molecule has 2 heterocycles. The Hall–Kier alpha value is -3.96. The molecule has 0 spiro atoms. The van der Waals surface area contributed by atoms with E-state index >= 15 is 0 Å². The molecule has 1 aliphatic rings. The molecule has 2 aromatic heterocycles. The lowest BCUT2D eigenvalue weighted by atomic mass is 9.80. The van der Waals surface area contributed by atoms with Gasteiger partial charge in [-0.3, -0.25) is 4.57 Å². The molecule has 3 aromatic rings. The molecule has 0 radical (unpaired) electrons. The van der Waals surface area contributed by atoms with Crippen LogP contribution >= 0.6 is 0 Å². The molecule has 0 amide bonds. The van der Waals surface area contributed by atoms with Crippen molar-refractivity contribution in [1.82, 2.24) is 19.5 Å². The van der Waals surface area contributed by atoms with E-state index in [0.29, 0.717) is 28.4 Å². The topological polar surface area (TPSA) is 131 Å². The van der Waals surface area contributed by atoms with Crippen LogP contribution in [0.1, 0.15) is 61.8 Å². The lowest BCUT2D eigenvalue weighted by molar-refractivity contribution is -0.137. The summed E-state index contributed by atoms with van der Waals surface area (Å²) in [4.78, 5) is 29.1. The molecule has 1 fully saturated rings. The largest absolute Gasteiger partial charge is 0.475 e. The molecule has 9 nitrogen and oxygen atoms in total. The molecule has 12 heteroatoms. The van der Waals surface area contributed by atoms with Crippen molar-refractivity contribution in [3.63, 3.8) is 0 Å². The molecule has 37 heavy (non-hydrogen) atoms. The zero-order valence-electron chi connectivity index (χ0n) is 20.7. The first-order chi connectivity index (χ1) is 17.4. The summed E-state index contributed by atoms with van der Waals surface area (Å²) in [5.41, 5.74) is 7.17. The number of nitrogens with two attached hydrogens (primary N) is 1. The van der Waals surface area contributed by atoms with Crippen LogP contribution in [-0.4, -0.2) is 42.3 Å². The van der Waals surface area contributed by atoms with E-state index in [-0.39, 0.29) is 30.0 Å². The first kappa shape index (κ1) is 26.1. The van der Waals surface area contributed by atoms with E-state index < -0.39 is 23.5 Å². The monoisotopic (exact) mass is 515 g/mol. The van der Waals surface area contributed by atoms with E-state index in [9.17, 15) is 23.1 Å². The molecule has 1 saturated carbocycles. The molecule has 1 atom stereocenters. The zero-order valence-corrected chi connectivity index (χ0v) is 20.7. The minimum Gasteiger partial charge on any atom is -0.475 e. The third-order valence-electron chi connectivity index (χ3n) is 6.33. The Labute approximate surface area is 211 Å². The molecular weight excluding hydrogens is 487 g/mol. The fourth-order valence-corrected chi connectivity index (χ4v) is 4.23. The number of aromatic nitrogens is 4. The Bertz CT molecular complexity index is 1370. The highest BCUT2D eigenvalue weighted by Crippen LogP contribution is 2.34. The number of aromatic carboxylic acids is 1. The van der Waals surface area contributed by atoms with Crippen LogP contribution in [-0.2, 0) is 12.7 Å². The van der Waals surface area contributed by atoms with Crippen LogP contribution in [0.5, 0.6) is 0 Å². The van der Waals surface area contributed by atoms with Crippen LogP contribution in [0.15, 0.2) is 41.0 Å². The van der Waals surface area contributed by atoms with Crippen molar-refractivity contribution in [1.29, 1.82) is 0 Å². The van der Waals surface area contributed by atoms with Crippen molar-refractivity contribution in [2.45, 2.75) is 58.8 Å². The number of hydrogen-bond donors (Lipinski definition) is 3. The number of allylic oxidation sites excluding steroid dienone is 2. The van der Waals surface area contributed by atoms with Gasteiger partial charge in [-0.1, -0.05) is 18.6 Å². The van der Waals surface area contributed by atoms with Crippen molar-refractivity contribution in [2.75, 3.05) is 5.32 Å². The van der Waals surface area contributed by atoms with Gasteiger partial charge in [-0.05, 0) is 63.3 Å². The van der Waals surface area contributed by atoms with Gasteiger partial charge in [-0.15, -0.1) is 0 Å². The lowest BCUT2D eigenvalue weighted by Crippen LogP contribution is -2.31. The minimum absolute atomic E-state index is 0.0134. The van der Waals surface area contributed by atoms with Gasteiger partial charge in [0.2, 0.25) is 11.8 Å². The fourth-order valence-electron chi connectivity index (χ4n) is 4.23. The average Bonchev–Trinajstić information content (AvgIpc) is 3.08. The number of carbonyl (C=O) groups is 1. The predicted octanol–water partition coefficient (Wildman–Crippen LogP) is 5.15. The van der Waals surface area contributed by atoms with Crippen LogP contribution in [0.2, 0.25) is 0 Å². The maximum absolute atomic E-state index is 13.1. The quantitative estimate of drug-likeness (QED) is 0.354. The number of alkyl halides is 3. The molecule has 0 bridgehead atoms. The number of imidazole rings is 1. The molecule has 196 valence electrons. The number of nitrogens with one attached hydrogen (secondary N) is 1. The van der Waals surface area contributed by atoms with Crippen molar-refractivity contribution in [3.8, 4) is 0 Å². The number of fused-ring (bicyclic) bond motifs is 1. The summed E-state index contributed by atoms with van der Waals surface area (Å²) in [5, 5.41) is 12.9. The number of carboxylic acid groups (broad SMARTS) is 1. The first-order valence-electron chi connectivity index (χ1n) is 11.9. The number of halogens is 3. The lowest BCUT2D eigenvalue weighted by Gasteiger charge is -2.32. The Kier molecular flexibility index (Phi) is 7.19. The van der Waals surface area contributed by atoms with Crippen molar-refractivity contribution in [2.24, 2.45) is 16.6 Å². The zero-order chi connectivity index (χ0) is 26.9. The van der Waals surface area contributed by atoms with Crippen LogP contribution in [0, 0.1) is 5.92 Å². The van der Waals surface area contributed by atoms with E-state index in [0.717, 1.165) is 31.4 Å². The van der Waals surface area contributed by atoms with Gasteiger partial charge in [0.25, 0.3) is 0 Å². The Balaban J connectivity index is 1.87. The Morgan fingerprint density at radius 3 is 2.46 bits per heavy atom. The summed E-state index contributed by atoms with van der Waals surface area (Å²) in [5.74, 6) is -0.824. The smallest absolute Gasteiger partial charge is 0.416 e. The number of carboxylic acids is 1. The first-order valence-corrected chi connectivity index (χ1v) is 11.9. The molecule has 0 aliphatic heterocycles. The van der Waals surface area contributed by atoms with Gasteiger partial charge in [-0.25, -0.2) is 19.8 Å². The van der Waals surface area contributed by atoms with E-state index in [1.54, 1.807) is 24.5 Å². The number of hydrogen-bond acceptors (Lipinski definition) is 7. The Morgan fingerprint density at radius 1 is 1.24 bits per heavy atom. The second-order valence-electron chi connectivity index (χ2n) is 9.33. The summed E-state index contributed by atoms with van der Waals surface area (Å²) < 4.78 is 40.9.